The summed E-state index contributed by atoms with van der Waals surface area (Å²) in [5.41, 5.74) is 0.490. The molecule has 1 saturated carbocycles. The Balaban J connectivity index is 1.34. The molecular formula is C24H35BrN4O5. The Bertz CT molecular complexity index is 901. The van der Waals surface area contributed by atoms with Crippen LogP contribution >= 0.6 is 15.9 Å². The number of carbonyl (C=O) groups is 1. The van der Waals surface area contributed by atoms with E-state index in [0.717, 1.165) is 68.4 Å². The summed E-state index contributed by atoms with van der Waals surface area (Å²) in [6.45, 7) is 10.5. The van der Waals surface area contributed by atoms with Gasteiger partial charge in [0, 0.05) is 61.9 Å². The molecule has 4 rings (SSSR count). The van der Waals surface area contributed by atoms with Gasteiger partial charge in [-0.2, -0.15) is 0 Å². The lowest BCUT2D eigenvalue weighted by Crippen LogP contribution is -2.55. The fourth-order valence-electron chi connectivity index (χ4n) is 4.75. The second-order valence-corrected chi connectivity index (χ2v) is 11.3. The van der Waals surface area contributed by atoms with Gasteiger partial charge in [-0.05, 0) is 68.8 Å². The molecule has 2 saturated heterocycles. The van der Waals surface area contributed by atoms with E-state index in [0.29, 0.717) is 24.9 Å². The van der Waals surface area contributed by atoms with Gasteiger partial charge in [-0.25, -0.2) is 4.79 Å². The molecule has 2 heterocycles. The average Bonchev–Trinajstić information content (AvgIpc) is 2.76. The molecule has 0 radical (unpaired) electrons. The van der Waals surface area contributed by atoms with Crippen LogP contribution in [-0.4, -0.2) is 77.8 Å². The molecule has 3 fully saturated rings. The summed E-state index contributed by atoms with van der Waals surface area (Å²) in [6.07, 6.45) is 4.89. The summed E-state index contributed by atoms with van der Waals surface area (Å²) in [4.78, 5) is 30.1. The van der Waals surface area contributed by atoms with Crippen molar-refractivity contribution in [1.82, 2.24) is 9.80 Å². The highest BCUT2D eigenvalue weighted by Crippen LogP contribution is 2.41. The van der Waals surface area contributed by atoms with Crippen LogP contribution in [0.3, 0.4) is 0 Å². The van der Waals surface area contributed by atoms with E-state index in [1.165, 1.54) is 0 Å². The van der Waals surface area contributed by atoms with Gasteiger partial charge >= 0.3 is 11.8 Å². The summed E-state index contributed by atoms with van der Waals surface area (Å²) in [5, 5.41) is 11.6. The van der Waals surface area contributed by atoms with Crippen molar-refractivity contribution in [3.63, 3.8) is 0 Å². The summed E-state index contributed by atoms with van der Waals surface area (Å²) in [5.74, 6) is 0.369. The second kappa shape index (κ2) is 10.3. The van der Waals surface area contributed by atoms with Gasteiger partial charge in [0.2, 0.25) is 0 Å². The maximum Gasteiger partial charge on any atom is 0.410 e. The quantitative estimate of drug-likeness (QED) is 0.392. The van der Waals surface area contributed by atoms with Gasteiger partial charge in [0.15, 0.2) is 5.75 Å². The zero-order chi connectivity index (χ0) is 24.5. The van der Waals surface area contributed by atoms with Crippen LogP contribution in [0.1, 0.15) is 52.9 Å². The van der Waals surface area contributed by atoms with Crippen molar-refractivity contribution < 1.29 is 19.2 Å². The van der Waals surface area contributed by atoms with Crippen LogP contribution in [0.25, 0.3) is 0 Å². The number of nitro benzene ring substituents is 1. The maximum atomic E-state index is 12.3. The first-order valence-electron chi connectivity index (χ1n) is 12.2. The Morgan fingerprint density at radius 1 is 1.06 bits per heavy atom. The molecule has 2 aliphatic heterocycles. The molecule has 0 spiro atoms. The van der Waals surface area contributed by atoms with E-state index in [4.69, 9.17) is 9.47 Å². The number of anilines is 1. The highest BCUT2D eigenvalue weighted by molar-refractivity contribution is 9.10. The minimum Gasteiger partial charge on any atom is -0.483 e. The van der Waals surface area contributed by atoms with Gasteiger partial charge in [-0.15, -0.1) is 0 Å². The van der Waals surface area contributed by atoms with E-state index in [1.807, 2.05) is 26.8 Å². The van der Waals surface area contributed by atoms with Gasteiger partial charge in [-0.1, -0.05) is 0 Å². The number of ether oxygens (including phenoxy) is 2. The van der Waals surface area contributed by atoms with Gasteiger partial charge in [0.25, 0.3) is 0 Å². The summed E-state index contributed by atoms with van der Waals surface area (Å²) < 4.78 is 12.2. The monoisotopic (exact) mass is 538 g/mol. The number of nitro groups is 1. The fourth-order valence-corrected chi connectivity index (χ4v) is 5.33. The standard InChI is InChI=1S/C24H35BrN4O5/c1-24(2,3)34-23(30)28-13-11-26(12-14-28)17-7-9-27(10-8-17)20-16-22(33-18-5-4-6-18)21(29(31)32)15-19(20)25/h15-18H,4-14H2,1-3H3. The van der Waals surface area contributed by atoms with Crippen molar-refractivity contribution in [1.29, 1.82) is 0 Å². The lowest BCUT2D eigenvalue weighted by atomic mass is 9.96. The molecule has 0 aromatic heterocycles. The van der Waals surface area contributed by atoms with Crippen molar-refractivity contribution in [3.05, 3.63) is 26.7 Å². The van der Waals surface area contributed by atoms with Gasteiger partial charge in [0.1, 0.15) is 5.60 Å². The first-order valence-corrected chi connectivity index (χ1v) is 13.0. The Labute approximate surface area is 209 Å². The fraction of sp³-hybridized carbons (Fsp3) is 0.708. The Morgan fingerprint density at radius 2 is 1.71 bits per heavy atom. The van der Waals surface area contributed by atoms with Crippen molar-refractivity contribution in [2.24, 2.45) is 0 Å². The van der Waals surface area contributed by atoms with Crippen molar-refractivity contribution >= 4 is 33.4 Å². The Hall–Kier alpha value is -2.07. The van der Waals surface area contributed by atoms with E-state index in [9.17, 15) is 14.9 Å². The lowest BCUT2D eigenvalue weighted by Gasteiger charge is -2.43. The van der Waals surface area contributed by atoms with Crippen molar-refractivity contribution in [2.45, 2.75) is 70.6 Å². The molecule has 1 aromatic carbocycles. The van der Waals surface area contributed by atoms with E-state index in [2.05, 4.69) is 25.7 Å². The number of rotatable bonds is 5. The maximum absolute atomic E-state index is 12.3. The largest absolute Gasteiger partial charge is 0.483 e. The molecule has 10 heteroatoms. The topological polar surface area (TPSA) is 88.4 Å². The smallest absolute Gasteiger partial charge is 0.410 e. The number of amides is 1. The molecule has 0 bridgehead atoms. The molecule has 1 amide bonds. The third kappa shape index (κ3) is 5.94. The molecule has 0 atom stereocenters. The third-order valence-electron chi connectivity index (χ3n) is 6.86. The number of halogens is 1. The molecular weight excluding hydrogens is 504 g/mol. The van der Waals surface area contributed by atoms with Crippen LogP contribution in [0.15, 0.2) is 16.6 Å². The highest BCUT2D eigenvalue weighted by atomic mass is 79.9. The number of piperazine rings is 1. The normalized spacial score (nSPS) is 20.7. The molecule has 1 aromatic rings. The van der Waals surface area contributed by atoms with Gasteiger partial charge < -0.3 is 19.3 Å². The van der Waals surface area contributed by atoms with Crippen LogP contribution in [-0.2, 0) is 4.74 Å². The molecule has 0 N–H and O–H groups in total. The van der Waals surface area contributed by atoms with E-state index >= 15 is 0 Å². The van der Waals surface area contributed by atoms with Crippen molar-refractivity contribution in [3.8, 4) is 5.75 Å². The number of piperidine rings is 1. The van der Waals surface area contributed by atoms with Gasteiger partial charge in [0.05, 0.1) is 16.7 Å². The Kier molecular flexibility index (Phi) is 7.57. The van der Waals surface area contributed by atoms with E-state index in [1.54, 1.807) is 11.0 Å². The van der Waals surface area contributed by atoms with Gasteiger partial charge in [-0.3, -0.25) is 15.0 Å². The minimum absolute atomic E-state index is 0.0141. The van der Waals surface area contributed by atoms with Crippen LogP contribution in [0.4, 0.5) is 16.2 Å². The zero-order valence-corrected chi connectivity index (χ0v) is 21.9. The number of hydrogen-bond acceptors (Lipinski definition) is 7. The molecule has 188 valence electrons. The SMILES string of the molecule is CC(C)(C)OC(=O)N1CCN(C2CCN(c3cc(OC4CCC4)c([N+](=O)[O-])cc3Br)CC2)CC1. The Morgan fingerprint density at radius 3 is 2.24 bits per heavy atom. The van der Waals surface area contributed by atoms with E-state index < -0.39 is 5.60 Å². The molecule has 9 nitrogen and oxygen atoms in total. The number of hydrogen-bond donors (Lipinski definition) is 0. The molecule has 3 aliphatic rings. The van der Waals surface area contributed by atoms with Crippen LogP contribution in [0.2, 0.25) is 0 Å². The summed E-state index contributed by atoms with van der Waals surface area (Å²) in [6, 6.07) is 3.88. The lowest BCUT2D eigenvalue weighted by molar-refractivity contribution is -0.386. The highest BCUT2D eigenvalue weighted by Gasteiger charge is 2.32. The number of carbonyl (C=O) groups excluding carboxylic acids is 1. The molecule has 1 aliphatic carbocycles. The number of benzene rings is 1. The molecule has 0 unspecified atom stereocenters. The van der Waals surface area contributed by atoms with Crippen LogP contribution < -0.4 is 9.64 Å². The molecule has 34 heavy (non-hydrogen) atoms. The summed E-state index contributed by atoms with van der Waals surface area (Å²) in [7, 11) is 0. The first-order chi connectivity index (χ1) is 16.1. The van der Waals surface area contributed by atoms with E-state index in [-0.39, 0.29) is 22.8 Å². The van der Waals surface area contributed by atoms with Crippen LogP contribution in [0.5, 0.6) is 5.75 Å². The zero-order valence-electron chi connectivity index (χ0n) is 20.3. The first kappa shape index (κ1) is 25.0. The summed E-state index contributed by atoms with van der Waals surface area (Å²) >= 11 is 3.55. The second-order valence-electron chi connectivity index (χ2n) is 10.4. The minimum atomic E-state index is -0.476. The average molecular weight is 539 g/mol. The third-order valence-corrected chi connectivity index (χ3v) is 7.49. The predicted molar refractivity (Wildman–Crippen MR) is 134 cm³/mol. The number of nitrogens with zero attached hydrogens (tertiary/aromatic N) is 4. The van der Waals surface area contributed by atoms with Crippen molar-refractivity contribution in [2.75, 3.05) is 44.2 Å². The predicted octanol–water partition coefficient (Wildman–Crippen LogP) is 4.81. The van der Waals surface area contributed by atoms with Crippen LogP contribution in [0, 0.1) is 10.1 Å².